The lowest BCUT2D eigenvalue weighted by Gasteiger charge is -2.23. The van der Waals surface area contributed by atoms with Crippen LogP contribution in [0.1, 0.15) is 28.2 Å². The molecule has 1 atom stereocenters. The summed E-state index contributed by atoms with van der Waals surface area (Å²) >= 11 is 0.552. The minimum absolute atomic E-state index is 0.0137. The van der Waals surface area contributed by atoms with Gasteiger partial charge in [0, 0.05) is 0 Å². The molecular formula is C24H12F6N4OS. The summed E-state index contributed by atoms with van der Waals surface area (Å²) in [5.74, 6) is -1.59. The molecule has 0 fully saturated rings. The average Bonchev–Trinajstić information content (AvgIpc) is 3.14. The third-order valence-corrected chi connectivity index (χ3v) is 6.46. The van der Waals surface area contributed by atoms with Crippen LogP contribution in [0.5, 0.6) is 0 Å². The first-order valence-corrected chi connectivity index (χ1v) is 10.8. The summed E-state index contributed by atoms with van der Waals surface area (Å²) in [5.41, 5.74) is 3.74. The van der Waals surface area contributed by atoms with E-state index < -0.39 is 34.1 Å². The Morgan fingerprint density at radius 3 is 2.08 bits per heavy atom. The molecule has 1 unspecified atom stereocenters. The first kappa shape index (κ1) is 24.8. The van der Waals surface area contributed by atoms with Crippen LogP contribution in [-0.4, -0.2) is 4.57 Å². The molecule has 2 heterocycles. The third kappa shape index (κ3) is 4.27. The number of nitrogens with zero attached hydrogens (tertiary/aromatic N) is 3. The number of fused-ring (bicyclic) bond motifs is 1. The van der Waals surface area contributed by atoms with Gasteiger partial charge in [0.25, 0.3) is 4.74 Å². The highest BCUT2D eigenvalue weighted by Gasteiger charge is 2.35. The second kappa shape index (κ2) is 8.73. The number of benzene rings is 2. The van der Waals surface area contributed by atoms with Gasteiger partial charge in [0.05, 0.1) is 40.3 Å². The standard InChI is InChI=1S/C24H12F6N4OS/c25-23(26,27)14-5-1-3-12(7-14)8-18-22(35)36-21-17(11-32)19(16(10-31)20(33)34(18)21)13-4-2-6-15(9-13)24(28,29)30/h1-9,19H,33H2. The molecule has 0 radical (unpaired) electrons. The summed E-state index contributed by atoms with van der Waals surface area (Å²) in [7, 11) is 0. The van der Waals surface area contributed by atoms with Crippen LogP contribution in [0.15, 0.2) is 58.9 Å². The number of rotatable bonds is 2. The van der Waals surface area contributed by atoms with Crippen molar-refractivity contribution in [1.29, 1.82) is 10.5 Å². The maximum atomic E-state index is 13.3. The molecule has 2 N–H and O–H groups in total. The second-order valence-electron chi connectivity index (χ2n) is 7.68. The summed E-state index contributed by atoms with van der Waals surface area (Å²) in [5, 5.41) is 19.5. The SMILES string of the molecule is N#CC1=C(N)n2c(sc(=O)c2=Cc2cccc(C(F)(F)F)c2)=C(C#N)C1c1cccc(C(F)(F)F)c1. The molecule has 0 spiro atoms. The Morgan fingerprint density at radius 1 is 0.917 bits per heavy atom. The first-order chi connectivity index (χ1) is 16.9. The summed E-state index contributed by atoms with van der Waals surface area (Å²) in [4.78, 5) is 12.8. The van der Waals surface area contributed by atoms with E-state index in [1.807, 2.05) is 12.1 Å². The Balaban J connectivity index is 2.03. The second-order valence-corrected chi connectivity index (χ2v) is 8.64. The zero-order valence-electron chi connectivity index (χ0n) is 17.8. The van der Waals surface area contributed by atoms with Crippen molar-refractivity contribution in [3.8, 4) is 12.1 Å². The fourth-order valence-corrected chi connectivity index (χ4v) is 4.88. The third-order valence-electron chi connectivity index (χ3n) is 5.47. The predicted molar refractivity (Wildman–Crippen MR) is 119 cm³/mol. The van der Waals surface area contributed by atoms with Gasteiger partial charge in [-0.3, -0.25) is 9.36 Å². The number of allylic oxidation sites excluding steroid dienone is 1. The van der Waals surface area contributed by atoms with E-state index in [9.17, 15) is 41.7 Å². The van der Waals surface area contributed by atoms with E-state index in [0.717, 1.165) is 47.0 Å². The van der Waals surface area contributed by atoms with Crippen molar-refractivity contribution in [2.45, 2.75) is 18.3 Å². The molecule has 0 saturated carbocycles. The molecule has 0 saturated heterocycles. The molecule has 5 nitrogen and oxygen atoms in total. The first-order valence-electron chi connectivity index (χ1n) is 9.99. The molecule has 2 aromatic carbocycles. The molecule has 1 aromatic heterocycles. The van der Waals surface area contributed by atoms with Crippen molar-refractivity contribution in [3.63, 3.8) is 0 Å². The molecule has 3 aromatic rings. The Morgan fingerprint density at radius 2 is 1.50 bits per heavy atom. The molecule has 1 aliphatic rings. The van der Waals surface area contributed by atoms with Crippen molar-refractivity contribution < 1.29 is 26.3 Å². The van der Waals surface area contributed by atoms with Crippen LogP contribution in [0.25, 0.3) is 17.5 Å². The van der Waals surface area contributed by atoms with Gasteiger partial charge in [-0.25, -0.2) is 0 Å². The van der Waals surface area contributed by atoms with E-state index in [0.29, 0.717) is 11.3 Å². The number of halogens is 6. The molecule has 0 aliphatic carbocycles. The molecule has 36 heavy (non-hydrogen) atoms. The van der Waals surface area contributed by atoms with Gasteiger partial charge in [0.15, 0.2) is 0 Å². The summed E-state index contributed by atoms with van der Waals surface area (Å²) in [6, 6.07) is 11.9. The molecule has 182 valence electrons. The molecule has 4 rings (SSSR count). The van der Waals surface area contributed by atoms with E-state index in [2.05, 4.69) is 0 Å². The summed E-state index contributed by atoms with van der Waals surface area (Å²) in [6.45, 7) is 0. The minimum atomic E-state index is -4.68. The van der Waals surface area contributed by atoms with Gasteiger partial charge < -0.3 is 5.73 Å². The number of hydrogen-bond acceptors (Lipinski definition) is 5. The quantitative estimate of drug-likeness (QED) is 0.521. The largest absolute Gasteiger partial charge is 0.416 e. The molecule has 0 bridgehead atoms. The van der Waals surface area contributed by atoms with Gasteiger partial charge in [0.2, 0.25) is 0 Å². The Hall–Kier alpha value is -4.29. The van der Waals surface area contributed by atoms with E-state index in [1.165, 1.54) is 12.1 Å². The topological polar surface area (TPSA) is 95.6 Å². The molecular weight excluding hydrogens is 506 g/mol. The smallest absolute Gasteiger partial charge is 0.384 e. The van der Waals surface area contributed by atoms with Gasteiger partial charge in [-0.1, -0.05) is 41.7 Å². The van der Waals surface area contributed by atoms with Gasteiger partial charge >= 0.3 is 12.4 Å². The van der Waals surface area contributed by atoms with Crippen LogP contribution < -0.4 is 20.5 Å². The van der Waals surface area contributed by atoms with E-state index in [-0.39, 0.29) is 38.1 Å². The van der Waals surface area contributed by atoms with Gasteiger partial charge in [-0.2, -0.15) is 36.9 Å². The number of thiazole rings is 1. The Bertz CT molecular complexity index is 1680. The number of aromatic nitrogens is 1. The lowest BCUT2D eigenvalue weighted by molar-refractivity contribution is -0.138. The van der Waals surface area contributed by atoms with E-state index in [4.69, 9.17) is 5.73 Å². The Kier molecular flexibility index (Phi) is 6.02. The highest BCUT2D eigenvalue weighted by atomic mass is 32.1. The summed E-state index contributed by atoms with van der Waals surface area (Å²) < 4.78 is 79.6. The number of nitriles is 2. The normalized spacial score (nSPS) is 16.5. The van der Waals surface area contributed by atoms with Crippen molar-refractivity contribution >= 4 is 28.8 Å². The molecule has 1 aliphatic heterocycles. The van der Waals surface area contributed by atoms with Crippen LogP contribution in [-0.2, 0) is 12.4 Å². The van der Waals surface area contributed by atoms with Gasteiger partial charge in [-0.05, 0) is 35.4 Å². The maximum Gasteiger partial charge on any atom is 0.416 e. The van der Waals surface area contributed by atoms with Crippen molar-refractivity contribution in [2.75, 3.05) is 0 Å². The highest BCUT2D eigenvalue weighted by molar-refractivity contribution is 7.07. The van der Waals surface area contributed by atoms with Crippen molar-refractivity contribution in [3.05, 3.63) is 95.9 Å². The van der Waals surface area contributed by atoms with E-state index in [1.54, 1.807) is 0 Å². The fraction of sp³-hybridized carbons (Fsp3) is 0.125. The molecule has 12 heteroatoms. The predicted octanol–water partition coefficient (Wildman–Crippen LogP) is 3.90. The lowest BCUT2D eigenvalue weighted by Crippen LogP contribution is -2.38. The molecule has 0 amide bonds. The highest BCUT2D eigenvalue weighted by Crippen LogP contribution is 2.38. The van der Waals surface area contributed by atoms with Crippen molar-refractivity contribution in [1.82, 2.24) is 4.57 Å². The van der Waals surface area contributed by atoms with Crippen molar-refractivity contribution in [2.24, 2.45) is 5.73 Å². The summed E-state index contributed by atoms with van der Waals surface area (Å²) in [6.07, 6.45) is -8.17. The number of nitrogens with two attached hydrogens (primary N) is 1. The van der Waals surface area contributed by atoms with Gasteiger partial charge in [0.1, 0.15) is 15.8 Å². The van der Waals surface area contributed by atoms with E-state index >= 15 is 0 Å². The minimum Gasteiger partial charge on any atom is -0.384 e. The van der Waals surface area contributed by atoms with Crippen LogP contribution in [0.3, 0.4) is 0 Å². The number of hydrogen-bond donors (Lipinski definition) is 1. The van der Waals surface area contributed by atoms with Crippen LogP contribution in [0, 0.1) is 22.7 Å². The van der Waals surface area contributed by atoms with Crippen LogP contribution >= 0.6 is 11.3 Å². The zero-order chi connectivity index (χ0) is 26.4. The van der Waals surface area contributed by atoms with Crippen LogP contribution in [0.2, 0.25) is 0 Å². The monoisotopic (exact) mass is 518 g/mol. The van der Waals surface area contributed by atoms with Crippen LogP contribution in [0.4, 0.5) is 26.3 Å². The fourth-order valence-electron chi connectivity index (χ4n) is 3.89. The van der Waals surface area contributed by atoms with Gasteiger partial charge in [-0.15, -0.1) is 0 Å². The zero-order valence-corrected chi connectivity index (χ0v) is 18.6. The Labute approximate surface area is 202 Å². The maximum absolute atomic E-state index is 13.3. The average molecular weight is 518 g/mol. The lowest BCUT2D eigenvalue weighted by atomic mass is 9.84. The number of alkyl halides is 6.